The summed E-state index contributed by atoms with van der Waals surface area (Å²) in [4.78, 5) is 0. The zero-order valence-electron chi connectivity index (χ0n) is 15.1. The standard InChI is InChI=1S/C25H24/c1-4-5-10-18-12-8-15-23(18)25(2,3)24-16-9-14-21-20-13-7-6-11-19(20)17-22(21)24/h1,6-9,11,13-16H,5,10,12,17H2,2-3H3. The second-order valence-electron chi connectivity index (χ2n) is 7.62. The Morgan fingerprint density at radius 3 is 2.68 bits per heavy atom. The Hall–Kier alpha value is -2.52. The number of hydrogen-bond acceptors (Lipinski definition) is 0. The van der Waals surface area contributed by atoms with E-state index in [-0.39, 0.29) is 5.41 Å². The highest BCUT2D eigenvalue weighted by Crippen LogP contribution is 2.46. The van der Waals surface area contributed by atoms with Crippen LogP contribution in [0.3, 0.4) is 0 Å². The first-order valence-corrected chi connectivity index (χ1v) is 9.16. The van der Waals surface area contributed by atoms with Crippen molar-refractivity contribution in [3.05, 3.63) is 82.5 Å². The van der Waals surface area contributed by atoms with Crippen molar-refractivity contribution in [3.63, 3.8) is 0 Å². The van der Waals surface area contributed by atoms with Gasteiger partial charge in [0.05, 0.1) is 0 Å². The average molecular weight is 324 g/mol. The van der Waals surface area contributed by atoms with Crippen molar-refractivity contribution < 1.29 is 0 Å². The third-order valence-corrected chi connectivity index (χ3v) is 5.80. The van der Waals surface area contributed by atoms with Crippen LogP contribution >= 0.6 is 0 Å². The van der Waals surface area contributed by atoms with E-state index in [0.29, 0.717) is 0 Å². The molecule has 0 saturated carbocycles. The van der Waals surface area contributed by atoms with Gasteiger partial charge in [-0.2, -0.15) is 0 Å². The number of rotatable bonds is 4. The molecule has 0 amide bonds. The summed E-state index contributed by atoms with van der Waals surface area (Å²) in [6, 6.07) is 15.6. The molecule has 0 heteroatoms. The molecule has 0 bridgehead atoms. The van der Waals surface area contributed by atoms with Gasteiger partial charge in [-0.25, -0.2) is 0 Å². The predicted octanol–water partition coefficient (Wildman–Crippen LogP) is 6.21. The topological polar surface area (TPSA) is 0 Å². The third kappa shape index (κ3) is 2.56. The van der Waals surface area contributed by atoms with Crippen molar-refractivity contribution in [1.29, 1.82) is 0 Å². The molecule has 0 saturated heterocycles. The molecule has 124 valence electrons. The molecule has 0 N–H and O–H groups in total. The molecule has 0 spiro atoms. The van der Waals surface area contributed by atoms with E-state index in [4.69, 9.17) is 6.42 Å². The fourth-order valence-electron chi connectivity index (χ4n) is 4.54. The summed E-state index contributed by atoms with van der Waals surface area (Å²) in [5.74, 6) is 2.80. The van der Waals surface area contributed by atoms with Crippen molar-refractivity contribution >= 4 is 0 Å². The first kappa shape index (κ1) is 16.0. The van der Waals surface area contributed by atoms with Crippen molar-refractivity contribution in [1.82, 2.24) is 0 Å². The van der Waals surface area contributed by atoms with Crippen LogP contribution in [0.4, 0.5) is 0 Å². The van der Waals surface area contributed by atoms with Crippen molar-refractivity contribution in [3.8, 4) is 23.5 Å². The monoisotopic (exact) mass is 324 g/mol. The minimum atomic E-state index is 0.00428. The zero-order valence-corrected chi connectivity index (χ0v) is 15.1. The molecule has 2 aromatic rings. The van der Waals surface area contributed by atoms with Crippen LogP contribution in [0.25, 0.3) is 11.1 Å². The average Bonchev–Trinajstić information content (AvgIpc) is 3.24. The fraction of sp³-hybridized carbons (Fsp3) is 0.280. The highest BCUT2D eigenvalue weighted by molar-refractivity contribution is 5.78. The van der Waals surface area contributed by atoms with Gasteiger partial charge in [-0.3, -0.25) is 0 Å². The van der Waals surface area contributed by atoms with Crippen LogP contribution in [0.1, 0.15) is 49.8 Å². The summed E-state index contributed by atoms with van der Waals surface area (Å²) in [7, 11) is 0. The molecular formula is C25H24. The van der Waals surface area contributed by atoms with Crippen LogP contribution in [-0.2, 0) is 11.8 Å². The van der Waals surface area contributed by atoms with Crippen molar-refractivity contribution in [2.75, 3.05) is 0 Å². The number of hydrogen-bond donors (Lipinski definition) is 0. The van der Waals surface area contributed by atoms with E-state index < -0.39 is 0 Å². The van der Waals surface area contributed by atoms with Gasteiger partial charge in [0.2, 0.25) is 0 Å². The summed E-state index contributed by atoms with van der Waals surface area (Å²) < 4.78 is 0. The Bertz CT molecular complexity index is 929. The second kappa shape index (κ2) is 6.08. The van der Waals surface area contributed by atoms with Gasteiger partial charge in [0.15, 0.2) is 0 Å². The Morgan fingerprint density at radius 2 is 1.84 bits per heavy atom. The van der Waals surface area contributed by atoms with Gasteiger partial charge < -0.3 is 0 Å². The van der Waals surface area contributed by atoms with E-state index in [1.165, 1.54) is 39.0 Å². The third-order valence-electron chi connectivity index (χ3n) is 5.80. The molecule has 0 radical (unpaired) electrons. The lowest BCUT2D eigenvalue weighted by Crippen LogP contribution is -2.22. The van der Waals surface area contributed by atoms with Crippen LogP contribution in [0.5, 0.6) is 0 Å². The second-order valence-corrected chi connectivity index (χ2v) is 7.62. The van der Waals surface area contributed by atoms with Crippen LogP contribution in [0.2, 0.25) is 0 Å². The molecule has 2 aliphatic rings. The minimum absolute atomic E-state index is 0.00428. The predicted molar refractivity (Wildman–Crippen MR) is 107 cm³/mol. The summed E-state index contributed by atoms with van der Waals surface area (Å²) in [6.45, 7) is 4.74. The smallest absolute Gasteiger partial charge is 0.0149 e. The van der Waals surface area contributed by atoms with Crippen LogP contribution < -0.4 is 0 Å². The van der Waals surface area contributed by atoms with E-state index >= 15 is 0 Å². The largest absolute Gasteiger partial charge is 0.120 e. The maximum Gasteiger partial charge on any atom is 0.0149 e. The lowest BCUT2D eigenvalue weighted by atomic mass is 9.73. The van der Waals surface area contributed by atoms with E-state index in [0.717, 1.165) is 25.7 Å². The van der Waals surface area contributed by atoms with Crippen LogP contribution in [0.15, 0.2) is 65.8 Å². The van der Waals surface area contributed by atoms with Gasteiger partial charge >= 0.3 is 0 Å². The molecule has 0 heterocycles. The maximum absolute atomic E-state index is 5.50. The van der Waals surface area contributed by atoms with E-state index in [1.807, 2.05) is 0 Å². The molecule has 0 unspecified atom stereocenters. The first-order valence-electron chi connectivity index (χ1n) is 9.16. The molecular weight excluding hydrogens is 300 g/mol. The van der Waals surface area contributed by atoms with Gasteiger partial charge in [-0.15, -0.1) is 12.3 Å². The van der Waals surface area contributed by atoms with Crippen LogP contribution in [-0.4, -0.2) is 0 Å². The Labute approximate surface area is 151 Å². The van der Waals surface area contributed by atoms with Gasteiger partial charge in [-0.1, -0.05) is 74.0 Å². The quantitative estimate of drug-likeness (QED) is 0.501. The zero-order chi connectivity index (χ0) is 17.4. The van der Waals surface area contributed by atoms with E-state index in [1.54, 1.807) is 0 Å². The first-order chi connectivity index (χ1) is 12.1. The molecule has 25 heavy (non-hydrogen) atoms. The molecule has 0 aliphatic heterocycles. The van der Waals surface area contributed by atoms with Gasteiger partial charge in [0, 0.05) is 11.8 Å². The number of fused-ring (bicyclic) bond motifs is 3. The van der Waals surface area contributed by atoms with E-state index in [9.17, 15) is 0 Å². The highest BCUT2D eigenvalue weighted by atomic mass is 14.4. The Morgan fingerprint density at radius 1 is 1.04 bits per heavy atom. The lowest BCUT2D eigenvalue weighted by molar-refractivity contribution is 0.624. The van der Waals surface area contributed by atoms with Gasteiger partial charge in [0.1, 0.15) is 0 Å². The minimum Gasteiger partial charge on any atom is -0.120 e. The highest BCUT2D eigenvalue weighted by Gasteiger charge is 2.33. The summed E-state index contributed by atoms with van der Waals surface area (Å²) in [5, 5.41) is 0. The Kier molecular flexibility index (Phi) is 3.89. The maximum atomic E-state index is 5.50. The Balaban J connectivity index is 1.81. The summed E-state index contributed by atoms with van der Waals surface area (Å²) in [6.07, 6.45) is 14.1. The van der Waals surface area contributed by atoms with Crippen molar-refractivity contribution in [2.24, 2.45) is 0 Å². The summed E-state index contributed by atoms with van der Waals surface area (Å²) in [5.41, 5.74) is 10.2. The van der Waals surface area contributed by atoms with Crippen molar-refractivity contribution in [2.45, 2.75) is 44.9 Å². The molecule has 4 rings (SSSR count). The normalized spacial score (nSPS) is 15.2. The number of benzene rings is 2. The van der Waals surface area contributed by atoms with Gasteiger partial charge in [-0.05, 0) is 52.7 Å². The van der Waals surface area contributed by atoms with Gasteiger partial charge in [0.25, 0.3) is 0 Å². The molecule has 2 aromatic carbocycles. The number of allylic oxidation sites excluding steroid dienone is 4. The molecule has 0 atom stereocenters. The lowest BCUT2D eigenvalue weighted by Gasteiger charge is -2.30. The molecule has 0 nitrogen and oxygen atoms in total. The summed E-state index contributed by atoms with van der Waals surface area (Å²) >= 11 is 0. The molecule has 0 fully saturated rings. The number of terminal acetylenes is 1. The molecule has 0 aromatic heterocycles. The van der Waals surface area contributed by atoms with Crippen LogP contribution in [0, 0.1) is 12.3 Å². The SMILES string of the molecule is C#CCCC1=C(C(C)(C)c2cccc3c2Cc2ccccc2-3)C=CC1. The van der Waals surface area contributed by atoms with E-state index in [2.05, 4.69) is 74.4 Å². The molecule has 2 aliphatic carbocycles. The fourth-order valence-corrected chi connectivity index (χ4v) is 4.54.